The summed E-state index contributed by atoms with van der Waals surface area (Å²) in [4.78, 5) is 12.4. The fourth-order valence-electron chi connectivity index (χ4n) is 3.64. The number of rotatable bonds is 2. The van der Waals surface area contributed by atoms with Crippen molar-refractivity contribution in [3.63, 3.8) is 0 Å². The molecule has 22 heavy (non-hydrogen) atoms. The summed E-state index contributed by atoms with van der Waals surface area (Å²) in [6.45, 7) is 0. The lowest BCUT2D eigenvalue weighted by Crippen LogP contribution is -2.42. The molecule has 0 aromatic heterocycles. The average molecular weight is 316 g/mol. The largest absolute Gasteiger partial charge is 0.457 e. The Balaban J connectivity index is 1.51. The van der Waals surface area contributed by atoms with E-state index in [-0.39, 0.29) is 23.5 Å². The summed E-state index contributed by atoms with van der Waals surface area (Å²) in [5.41, 5.74) is 0.613. The maximum absolute atomic E-state index is 12.4. The number of piperidine rings is 1. The Hall–Kier alpha value is -1.58. The van der Waals surface area contributed by atoms with Crippen LogP contribution in [0.15, 0.2) is 42.5 Å². The van der Waals surface area contributed by atoms with E-state index in [0.717, 1.165) is 30.0 Å². The van der Waals surface area contributed by atoms with Crippen LogP contribution in [0.5, 0.6) is 0 Å². The molecule has 2 saturated heterocycles. The second kappa shape index (κ2) is 5.56. The summed E-state index contributed by atoms with van der Waals surface area (Å²) in [6.07, 6.45) is 2.64. The molecule has 2 aliphatic heterocycles. The van der Waals surface area contributed by atoms with Crippen LogP contribution in [0.1, 0.15) is 29.6 Å². The Kier molecular flexibility index (Phi) is 3.55. The number of hydrogen-bond acceptors (Lipinski definition) is 3. The Bertz CT molecular complexity index is 717. The first-order valence-corrected chi connectivity index (χ1v) is 8.22. The molecular formula is C18H18ClNO2. The highest BCUT2D eigenvalue weighted by atomic mass is 35.5. The first kappa shape index (κ1) is 14.0. The van der Waals surface area contributed by atoms with Crippen molar-refractivity contribution in [1.82, 2.24) is 5.32 Å². The number of alkyl halides is 1. The number of benzene rings is 2. The van der Waals surface area contributed by atoms with Crippen LogP contribution in [-0.4, -0.2) is 29.5 Å². The molecule has 4 heteroatoms. The predicted octanol–water partition coefficient (Wildman–Crippen LogP) is 3.50. The van der Waals surface area contributed by atoms with E-state index in [9.17, 15) is 4.79 Å². The highest BCUT2D eigenvalue weighted by molar-refractivity contribution is 6.20. The van der Waals surface area contributed by atoms with E-state index in [2.05, 4.69) is 5.32 Å². The molecule has 1 N–H and O–H groups in total. The Morgan fingerprint density at radius 2 is 1.91 bits per heavy atom. The fraction of sp³-hybridized carbons (Fsp3) is 0.389. The van der Waals surface area contributed by atoms with Gasteiger partial charge in [-0.3, -0.25) is 0 Å². The van der Waals surface area contributed by atoms with Gasteiger partial charge in [0.25, 0.3) is 0 Å². The number of esters is 1. The quantitative estimate of drug-likeness (QED) is 0.681. The highest BCUT2D eigenvalue weighted by Gasteiger charge is 2.42. The van der Waals surface area contributed by atoms with Gasteiger partial charge < -0.3 is 10.1 Å². The minimum Gasteiger partial charge on any atom is -0.457 e. The summed E-state index contributed by atoms with van der Waals surface area (Å²) in [5, 5.41) is 5.87. The fourth-order valence-corrected chi connectivity index (χ4v) is 4.05. The molecule has 0 amide bonds. The summed E-state index contributed by atoms with van der Waals surface area (Å²) in [5.74, 6) is -0.240. The molecule has 2 heterocycles. The van der Waals surface area contributed by atoms with Crippen LogP contribution in [0, 0.1) is 0 Å². The van der Waals surface area contributed by atoms with Gasteiger partial charge in [-0.1, -0.05) is 30.3 Å². The first-order chi connectivity index (χ1) is 10.7. The number of hydrogen-bond donors (Lipinski definition) is 1. The van der Waals surface area contributed by atoms with Crippen molar-refractivity contribution < 1.29 is 9.53 Å². The van der Waals surface area contributed by atoms with Gasteiger partial charge in [0.1, 0.15) is 6.10 Å². The van der Waals surface area contributed by atoms with Crippen molar-refractivity contribution in [3.05, 3.63) is 48.0 Å². The van der Waals surface area contributed by atoms with Crippen molar-refractivity contribution >= 4 is 28.3 Å². The maximum atomic E-state index is 12.4. The lowest BCUT2D eigenvalue weighted by atomic mass is 10.1. The molecule has 2 aromatic rings. The van der Waals surface area contributed by atoms with Gasteiger partial charge in [-0.15, -0.1) is 11.6 Å². The van der Waals surface area contributed by atoms with Gasteiger partial charge in [0.05, 0.1) is 5.56 Å². The van der Waals surface area contributed by atoms with Crippen LogP contribution in [0.3, 0.4) is 0 Å². The molecule has 0 radical (unpaired) electrons. The third-order valence-electron chi connectivity index (χ3n) is 4.71. The number of carbonyl (C=O) groups is 1. The zero-order valence-corrected chi connectivity index (χ0v) is 12.9. The van der Waals surface area contributed by atoms with Gasteiger partial charge in [0, 0.05) is 23.9 Å². The molecule has 4 atom stereocenters. The standard InChI is InChI=1S/C18H18ClNO2/c19-14-8-15-10-17(16(9-14)20-15)22-18(21)13-6-5-11-3-1-2-4-12(11)7-13/h1-7,14-17,20H,8-10H2. The Morgan fingerprint density at radius 1 is 1.09 bits per heavy atom. The molecule has 0 spiro atoms. The van der Waals surface area contributed by atoms with Gasteiger partial charge >= 0.3 is 5.97 Å². The van der Waals surface area contributed by atoms with Crippen LogP contribution in [0.2, 0.25) is 0 Å². The molecule has 2 aliphatic rings. The highest BCUT2D eigenvalue weighted by Crippen LogP contribution is 2.32. The van der Waals surface area contributed by atoms with E-state index >= 15 is 0 Å². The average Bonchev–Trinajstić information content (AvgIpc) is 2.80. The minimum atomic E-state index is -0.240. The summed E-state index contributed by atoms with van der Waals surface area (Å²) < 4.78 is 5.75. The maximum Gasteiger partial charge on any atom is 0.338 e. The van der Waals surface area contributed by atoms with Crippen molar-refractivity contribution in [1.29, 1.82) is 0 Å². The van der Waals surface area contributed by atoms with Crippen molar-refractivity contribution in [2.45, 2.75) is 42.8 Å². The zero-order chi connectivity index (χ0) is 15.1. The smallest absolute Gasteiger partial charge is 0.338 e. The Labute approximate surface area is 134 Å². The minimum absolute atomic E-state index is 0.0623. The molecule has 4 unspecified atom stereocenters. The van der Waals surface area contributed by atoms with Crippen molar-refractivity contribution in [3.8, 4) is 0 Å². The lowest BCUT2D eigenvalue weighted by Gasteiger charge is -2.26. The van der Waals surface area contributed by atoms with E-state index in [0.29, 0.717) is 11.6 Å². The normalized spacial score (nSPS) is 30.4. The van der Waals surface area contributed by atoms with Crippen LogP contribution in [-0.2, 0) is 4.74 Å². The van der Waals surface area contributed by atoms with Crippen molar-refractivity contribution in [2.24, 2.45) is 0 Å². The van der Waals surface area contributed by atoms with E-state index in [4.69, 9.17) is 16.3 Å². The number of halogens is 1. The number of fused-ring (bicyclic) bond motifs is 3. The number of carbonyl (C=O) groups excluding carboxylic acids is 1. The Morgan fingerprint density at radius 3 is 2.77 bits per heavy atom. The van der Waals surface area contributed by atoms with Crippen LogP contribution < -0.4 is 5.32 Å². The van der Waals surface area contributed by atoms with Crippen molar-refractivity contribution in [2.75, 3.05) is 0 Å². The zero-order valence-electron chi connectivity index (χ0n) is 12.2. The van der Waals surface area contributed by atoms with Gasteiger partial charge in [-0.2, -0.15) is 0 Å². The van der Waals surface area contributed by atoms with Crippen LogP contribution >= 0.6 is 11.6 Å². The van der Waals surface area contributed by atoms with Gasteiger partial charge in [0.2, 0.25) is 0 Å². The van der Waals surface area contributed by atoms with Crippen LogP contribution in [0.25, 0.3) is 10.8 Å². The number of ether oxygens (including phenoxy) is 1. The topological polar surface area (TPSA) is 38.3 Å². The third kappa shape index (κ3) is 2.59. The van der Waals surface area contributed by atoms with E-state index < -0.39 is 0 Å². The summed E-state index contributed by atoms with van der Waals surface area (Å²) in [7, 11) is 0. The molecule has 114 valence electrons. The number of nitrogens with one attached hydrogen (secondary N) is 1. The second-order valence-electron chi connectivity index (χ2n) is 6.28. The van der Waals surface area contributed by atoms with E-state index in [1.165, 1.54) is 0 Å². The van der Waals surface area contributed by atoms with E-state index in [1.54, 1.807) is 0 Å². The third-order valence-corrected chi connectivity index (χ3v) is 5.07. The monoisotopic (exact) mass is 315 g/mol. The van der Waals surface area contributed by atoms with E-state index in [1.807, 2.05) is 42.5 Å². The molecular weight excluding hydrogens is 298 g/mol. The molecule has 3 nitrogen and oxygen atoms in total. The lowest BCUT2D eigenvalue weighted by molar-refractivity contribution is 0.0271. The molecule has 2 bridgehead atoms. The summed E-state index contributed by atoms with van der Waals surface area (Å²) in [6, 6.07) is 14.3. The first-order valence-electron chi connectivity index (χ1n) is 7.79. The predicted molar refractivity (Wildman–Crippen MR) is 87.4 cm³/mol. The van der Waals surface area contributed by atoms with Gasteiger partial charge in [0.15, 0.2) is 0 Å². The summed E-state index contributed by atoms with van der Waals surface area (Å²) >= 11 is 6.25. The van der Waals surface area contributed by atoms with Gasteiger partial charge in [-0.05, 0) is 35.7 Å². The molecule has 0 aliphatic carbocycles. The molecule has 0 saturated carbocycles. The SMILES string of the molecule is O=C(OC1CC2CC(Cl)CC1N2)c1ccc2ccccc2c1. The van der Waals surface area contributed by atoms with Gasteiger partial charge in [-0.25, -0.2) is 4.79 Å². The van der Waals surface area contributed by atoms with Crippen LogP contribution in [0.4, 0.5) is 0 Å². The molecule has 2 fully saturated rings. The molecule has 2 aromatic carbocycles. The molecule has 4 rings (SSSR count). The second-order valence-corrected chi connectivity index (χ2v) is 6.90.